The van der Waals surface area contributed by atoms with E-state index in [9.17, 15) is 0 Å². The van der Waals surface area contributed by atoms with Gasteiger partial charge in [0.25, 0.3) is 0 Å². The predicted octanol–water partition coefficient (Wildman–Crippen LogP) is 6.84. The standard InChI is InChI=1S/C22H15ClINO/c1-26-17-10-7-15(8-11-17)22-21(24)20(14-5-3-2-4-6-14)18-13-16(23)9-12-19(18)25-22/h2-13H,1H3. The van der Waals surface area contributed by atoms with E-state index in [1.165, 1.54) is 0 Å². The second-order valence-electron chi connectivity index (χ2n) is 5.91. The first-order valence-electron chi connectivity index (χ1n) is 8.16. The maximum atomic E-state index is 6.28. The molecule has 0 bridgehead atoms. The molecule has 0 unspecified atom stereocenters. The molecule has 0 amide bonds. The van der Waals surface area contributed by atoms with Crippen molar-refractivity contribution < 1.29 is 4.74 Å². The fourth-order valence-corrected chi connectivity index (χ4v) is 4.25. The molecule has 0 N–H and O–H groups in total. The van der Waals surface area contributed by atoms with E-state index in [-0.39, 0.29) is 0 Å². The molecule has 4 rings (SSSR count). The second-order valence-corrected chi connectivity index (χ2v) is 7.42. The van der Waals surface area contributed by atoms with Gasteiger partial charge in [0.1, 0.15) is 5.75 Å². The van der Waals surface area contributed by atoms with E-state index in [0.717, 1.165) is 42.6 Å². The van der Waals surface area contributed by atoms with E-state index >= 15 is 0 Å². The number of aromatic nitrogens is 1. The van der Waals surface area contributed by atoms with Gasteiger partial charge in [-0.1, -0.05) is 41.9 Å². The predicted molar refractivity (Wildman–Crippen MR) is 117 cm³/mol. The lowest BCUT2D eigenvalue weighted by molar-refractivity contribution is 0.415. The highest BCUT2D eigenvalue weighted by Gasteiger charge is 2.16. The van der Waals surface area contributed by atoms with E-state index in [1.54, 1.807) is 7.11 Å². The number of rotatable bonds is 3. The summed E-state index contributed by atoms with van der Waals surface area (Å²) < 4.78 is 6.38. The van der Waals surface area contributed by atoms with Crippen LogP contribution in [0.4, 0.5) is 0 Å². The maximum Gasteiger partial charge on any atom is 0.118 e. The lowest BCUT2D eigenvalue weighted by atomic mass is 9.98. The van der Waals surface area contributed by atoms with Gasteiger partial charge in [-0.25, -0.2) is 4.98 Å². The van der Waals surface area contributed by atoms with Crippen molar-refractivity contribution >= 4 is 45.1 Å². The molecule has 0 saturated carbocycles. The number of nitrogens with zero attached hydrogens (tertiary/aromatic N) is 1. The van der Waals surface area contributed by atoms with Crippen LogP contribution in [-0.2, 0) is 0 Å². The number of benzene rings is 3. The van der Waals surface area contributed by atoms with Crippen LogP contribution in [0.25, 0.3) is 33.3 Å². The Kier molecular flexibility index (Phi) is 4.83. The molecule has 0 aliphatic rings. The van der Waals surface area contributed by atoms with Crippen LogP contribution < -0.4 is 4.74 Å². The molecule has 0 atom stereocenters. The Morgan fingerprint density at radius 2 is 1.62 bits per heavy atom. The third-order valence-corrected chi connectivity index (χ3v) is 5.60. The van der Waals surface area contributed by atoms with E-state index < -0.39 is 0 Å². The summed E-state index contributed by atoms with van der Waals surface area (Å²) in [5.74, 6) is 0.833. The zero-order valence-corrected chi connectivity index (χ0v) is 17.0. The molecule has 3 aromatic carbocycles. The minimum absolute atomic E-state index is 0.712. The van der Waals surface area contributed by atoms with Crippen molar-refractivity contribution in [2.45, 2.75) is 0 Å². The molecule has 0 spiro atoms. The van der Waals surface area contributed by atoms with Gasteiger partial charge in [0.2, 0.25) is 0 Å². The Labute approximate surface area is 170 Å². The first-order chi connectivity index (χ1) is 12.7. The Balaban J connectivity index is 2.03. The zero-order valence-electron chi connectivity index (χ0n) is 14.0. The summed E-state index contributed by atoms with van der Waals surface area (Å²) in [6.45, 7) is 0. The van der Waals surface area contributed by atoms with Crippen molar-refractivity contribution in [3.63, 3.8) is 0 Å². The lowest BCUT2D eigenvalue weighted by Gasteiger charge is -2.14. The molecule has 1 heterocycles. The molecule has 2 nitrogen and oxygen atoms in total. The van der Waals surface area contributed by atoms with Crippen LogP contribution in [0.5, 0.6) is 5.75 Å². The monoisotopic (exact) mass is 471 g/mol. The van der Waals surface area contributed by atoms with Gasteiger partial charge in [-0.3, -0.25) is 0 Å². The third-order valence-electron chi connectivity index (χ3n) is 4.31. The van der Waals surface area contributed by atoms with E-state index in [1.807, 2.05) is 48.5 Å². The molecule has 0 aliphatic carbocycles. The SMILES string of the molecule is COc1ccc(-c2nc3ccc(Cl)cc3c(-c3ccccc3)c2I)cc1. The van der Waals surface area contributed by atoms with Gasteiger partial charge < -0.3 is 4.74 Å². The summed E-state index contributed by atoms with van der Waals surface area (Å²) in [6, 6.07) is 24.2. The van der Waals surface area contributed by atoms with Gasteiger partial charge in [0.05, 0.1) is 18.3 Å². The highest BCUT2D eigenvalue weighted by molar-refractivity contribution is 14.1. The average molecular weight is 472 g/mol. The van der Waals surface area contributed by atoms with Crippen molar-refractivity contribution in [3.8, 4) is 28.1 Å². The number of ether oxygens (including phenoxy) is 1. The highest BCUT2D eigenvalue weighted by atomic mass is 127. The maximum absolute atomic E-state index is 6.28. The molecule has 0 radical (unpaired) electrons. The van der Waals surface area contributed by atoms with Crippen LogP contribution in [0.3, 0.4) is 0 Å². The van der Waals surface area contributed by atoms with Crippen LogP contribution in [0.1, 0.15) is 0 Å². The molecule has 4 heteroatoms. The number of fused-ring (bicyclic) bond motifs is 1. The lowest BCUT2D eigenvalue weighted by Crippen LogP contribution is -1.95. The number of methoxy groups -OCH3 is 1. The molecular weight excluding hydrogens is 457 g/mol. The van der Waals surface area contributed by atoms with Crippen LogP contribution in [0.15, 0.2) is 72.8 Å². The average Bonchev–Trinajstić information content (AvgIpc) is 2.68. The summed E-state index contributed by atoms with van der Waals surface area (Å²) in [6.07, 6.45) is 0. The Bertz CT molecular complexity index is 1080. The topological polar surface area (TPSA) is 22.1 Å². The quantitative estimate of drug-likeness (QED) is 0.305. The number of hydrogen-bond donors (Lipinski definition) is 0. The molecule has 1 aromatic heterocycles. The molecule has 128 valence electrons. The van der Waals surface area contributed by atoms with Crippen LogP contribution in [0, 0.1) is 3.57 Å². The van der Waals surface area contributed by atoms with E-state index in [2.05, 4.69) is 46.9 Å². The van der Waals surface area contributed by atoms with E-state index in [0.29, 0.717) is 5.02 Å². The Hall–Kier alpha value is -2.11. The fraction of sp³-hybridized carbons (Fsp3) is 0.0455. The van der Waals surface area contributed by atoms with Crippen molar-refractivity contribution in [2.24, 2.45) is 0 Å². The van der Waals surface area contributed by atoms with Crippen molar-refractivity contribution in [1.29, 1.82) is 0 Å². The third kappa shape index (κ3) is 3.17. The smallest absolute Gasteiger partial charge is 0.118 e. The molecule has 0 saturated heterocycles. The Morgan fingerprint density at radius 3 is 2.31 bits per heavy atom. The second kappa shape index (κ2) is 7.25. The van der Waals surface area contributed by atoms with Crippen molar-refractivity contribution in [3.05, 3.63) is 81.4 Å². The summed E-state index contributed by atoms with van der Waals surface area (Å²) in [7, 11) is 1.67. The van der Waals surface area contributed by atoms with Gasteiger partial charge in [0.15, 0.2) is 0 Å². The van der Waals surface area contributed by atoms with Crippen LogP contribution >= 0.6 is 34.2 Å². The number of pyridine rings is 1. The number of hydrogen-bond acceptors (Lipinski definition) is 2. The first kappa shape index (κ1) is 17.3. The minimum Gasteiger partial charge on any atom is -0.497 e. The van der Waals surface area contributed by atoms with Gasteiger partial charge >= 0.3 is 0 Å². The molecule has 4 aromatic rings. The zero-order chi connectivity index (χ0) is 18.1. The minimum atomic E-state index is 0.712. The Morgan fingerprint density at radius 1 is 0.885 bits per heavy atom. The summed E-state index contributed by atoms with van der Waals surface area (Å²) in [5, 5.41) is 1.77. The summed E-state index contributed by atoms with van der Waals surface area (Å²) in [4.78, 5) is 4.92. The first-order valence-corrected chi connectivity index (χ1v) is 9.61. The van der Waals surface area contributed by atoms with Crippen molar-refractivity contribution in [1.82, 2.24) is 4.98 Å². The van der Waals surface area contributed by atoms with Gasteiger partial charge in [-0.2, -0.15) is 0 Å². The molecule has 0 aliphatic heterocycles. The largest absolute Gasteiger partial charge is 0.497 e. The molecule has 0 fully saturated rings. The number of halogens is 2. The van der Waals surface area contributed by atoms with Gasteiger partial charge in [-0.15, -0.1) is 0 Å². The van der Waals surface area contributed by atoms with E-state index in [4.69, 9.17) is 21.3 Å². The summed E-state index contributed by atoms with van der Waals surface area (Å²) >= 11 is 8.67. The van der Waals surface area contributed by atoms with Gasteiger partial charge in [-0.05, 0) is 70.6 Å². The van der Waals surface area contributed by atoms with Crippen LogP contribution in [0.2, 0.25) is 5.02 Å². The normalized spacial score (nSPS) is 10.9. The van der Waals surface area contributed by atoms with Crippen molar-refractivity contribution in [2.75, 3.05) is 7.11 Å². The fourth-order valence-electron chi connectivity index (χ4n) is 3.04. The van der Waals surface area contributed by atoms with Crippen LogP contribution in [-0.4, -0.2) is 12.1 Å². The highest BCUT2D eigenvalue weighted by Crippen LogP contribution is 2.38. The summed E-state index contributed by atoms with van der Waals surface area (Å²) in [5.41, 5.74) is 5.26. The molecular formula is C22H15ClINO. The van der Waals surface area contributed by atoms with Gasteiger partial charge in [0, 0.05) is 25.1 Å². The molecule has 26 heavy (non-hydrogen) atoms.